The lowest BCUT2D eigenvalue weighted by molar-refractivity contribution is 0.658. The molecule has 0 amide bonds. The molecule has 0 unspecified atom stereocenters. The van der Waals surface area contributed by atoms with Crippen molar-refractivity contribution in [2.45, 2.75) is 13.3 Å². The molecular weight excluding hydrogens is 159 g/mol. The highest BCUT2D eigenvalue weighted by Gasteiger charge is 2.02. The summed E-state index contributed by atoms with van der Waals surface area (Å²) in [6.07, 6.45) is 0.855. The summed E-state index contributed by atoms with van der Waals surface area (Å²) in [4.78, 5) is 0.998. The summed E-state index contributed by atoms with van der Waals surface area (Å²) in [7, 11) is 0. The molecule has 1 aromatic heterocycles. The Labute approximate surface area is 62.3 Å². The van der Waals surface area contributed by atoms with Crippen molar-refractivity contribution in [3.8, 4) is 0 Å². The second-order valence-electron chi connectivity index (χ2n) is 1.69. The van der Waals surface area contributed by atoms with E-state index in [0.717, 1.165) is 22.6 Å². The maximum Gasteiger partial charge on any atom is 0.195 e. The van der Waals surface area contributed by atoms with Crippen molar-refractivity contribution in [3.63, 3.8) is 0 Å². The summed E-state index contributed by atoms with van der Waals surface area (Å²) in [6, 6.07) is 1.67. The van der Waals surface area contributed by atoms with Gasteiger partial charge in [-0.2, -0.15) is 4.39 Å². The minimum Gasteiger partial charge on any atom is -0.193 e. The summed E-state index contributed by atoms with van der Waals surface area (Å²) in [5, 5.41) is -0.0228. The fourth-order valence-corrected chi connectivity index (χ4v) is 1.59. The molecule has 0 atom stereocenters. The zero-order chi connectivity index (χ0) is 6.85. The highest BCUT2D eigenvalue weighted by molar-refractivity contribution is 7.10. The molecule has 1 heterocycles. The van der Waals surface area contributed by atoms with Gasteiger partial charge in [-0.15, -0.1) is 11.3 Å². The molecule has 0 saturated heterocycles. The van der Waals surface area contributed by atoms with Crippen LogP contribution in [0.5, 0.6) is 0 Å². The van der Waals surface area contributed by atoms with E-state index in [1.807, 2.05) is 6.92 Å². The van der Waals surface area contributed by atoms with Crippen LogP contribution >= 0.6 is 22.9 Å². The largest absolute Gasteiger partial charge is 0.195 e. The Morgan fingerprint density at radius 1 is 1.78 bits per heavy atom. The van der Waals surface area contributed by atoms with Gasteiger partial charge in [0.15, 0.2) is 5.13 Å². The molecule has 9 heavy (non-hydrogen) atoms. The Bertz CT molecular complexity index is 187. The van der Waals surface area contributed by atoms with Crippen LogP contribution in [0, 0.1) is 5.13 Å². The first-order valence-corrected chi connectivity index (χ1v) is 3.87. The van der Waals surface area contributed by atoms with Crippen molar-refractivity contribution >= 4 is 22.9 Å². The minimum absolute atomic E-state index is 0.247. The predicted octanol–water partition coefficient (Wildman–Crippen LogP) is 3.10. The summed E-state index contributed by atoms with van der Waals surface area (Å²) in [5.41, 5.74) is 0. The van der Waals surface area contributed by atoms with E-state index in [1.54, 1.807) is 6.07 Å². The van der Waals surface area contributed by atoms with Gasteiger partial charge in [0.25, 0.3) is 0 Å². The average molecular weight is 165 g/mol. The predicted molar refractivity (Wildman–Crippen MR) is 38.7 cm³/mol. The SMILES string of the molecule is CCc1cc(Cl)c(F)s1. The van der Waals surface area contributed by atoms with E-state index in [1.165, 1.54) is 0 Å². The molecule has 1 aromatic rings. The molecule has 0 nitrogen and oxygen atoms in total. The first-order chi connectivity index (χ1) is 4.24. The molecule has 0 N–H and O–H groups in total. The van der Waals surface area contributed by atoms with Crippen LogP contribution in [0.4, 0.5) is 4.39 Å². The standard InChI is InChI=1S/C6H6ClFS/c1-2-4-3-5(7)6(8)9-4/h3H,2H2,1H3. The lowest BCUT2D eigenvalue weighted by Crippen LogP contribution is -1.64. The van der Waals surface area contributed by atoms with Crippen LogP contribution in [-0.2, 0) is 6.42 Å². The topological polar surface area (TPSA) is 0 Å². The van der Waals surface area contributed by atoms with Crippen LogP contribution in [0.1, 0.15) is 11.8 Å². The molecule has 0 fully saturated rings. The summed E-state index contributed by atoms with van der Waals surface area (Å²) in [6.45, 7) is 1.97. The summed E-state index contributed by atoms with van der Waals surface area (Å²) >= 11 is 6.56. The van der Waals surface area contributed by atoms with E-state index < -0.39 is 0 Å². The molecule has 0 bridgehead atoms. The molecule has 0 radical (unpaired) electrons. The third-order valence-corrected chi connectivity index (χ3v) is 2.50. The van der Waals surface area contributed by atoms with Gasteiger partial charge in [-0.05, 0) is 12.5 Å². The molecule has 1 rings (SSSR count). The van der Waals surface area contributed by atoms with E-state index in [4.69, 9.17) is 11.6 Å². The number of rotatable bonds is 1. The van der Waals surface area contributed by atoms with Gasteiger partial charge < -0.3 is 0 Å². The molecule has 0 spiro atoms. The van der Waals surface area contributed by atoms with Crippen molar-refractivity contribution in [2.75, 3.05) is 0 Å². The number of aryl methyl sites for hydroxylation is 1. The second-order valence-corrected chi connectivity index (χ2v) is 3.18. The van der Waals surface area contributed by atoms with Gasteiger partial charge in [0.2, 0.25) is 0 Å². The van der Waals surface area contributed by atoms with Crippen LogP contribution in [0.2, 0.25) is 5.02 Å². The van der Waals surface area contributed by atoms with Crippen molar-refractivity contribution < 1.29 is 4.39 Å². The van der Waals surface area contributed by atoms with Crippen molar-refractivity contribution in [2.24, 2.45) is 0 Å². The van der Waals surface area contributed by atoms with E-state index in [-0.39, 0.29) is 10.2 Å². The van der Waals surface area contributed by atoms with E-state index in [9.17, 15) is 4.39 Å². The van der Waals surface area contributed by atoms with E-state index >= 15 is 0 Å². The molecule has 0 aliphatic carbocycles. The van der Waals surface area contributed by atoms with Gasteiger partial charge in [0, 0.05) is 4.88 Å². The van der Waals surface area contributed by atoms with Crippen molar-refractivity contribution in [1.29, 1.82) is 0 Å². The lowest BCUT2D eigenvalue weighted by atomic mass is 10.4. The van der Waals surface area contributed by atoms with E-state index in [0.29, 0.717) is 0 Å². The first kappa shape index (κ1) is 7.03. The maximum absolute atomic E-state index is 12.4. The fraction of sp³-hybridized carbons (Fsp3) is 0.333. The third-order valence-electron chi connectivity index (χ3n) is 1.04. The summed E-state index contributed by atoms with van der Waals surface area (Å²) < 4.78 is 12.4. The van der Waals surface area contributed by atoms with Gasteiger partial charge in [0.1, 0.15) is 0 Å². The molecule has 0 aromatic carbocycles. The molecule has 0 aliphatic heterocycles. The minimum atomic E-state index is -0.270. The quantitative estimate of drug-likeness (QED) is 0.599. The van der Waals surface area contributed by atoms with Crippen LogP contribution in [0.3, 0.4) is 0 Å². The van der Waals surface area contributed by atoms with Crippen molar-refractivity contribution in [1.82, 2.24) is 0 Å². The fourth-order valence-electron chi connectivity index (χ4n) is 0.566. The third kappa shape index (κ3) is 1.43. The van der Waals surface area contributed by atoms with Gasteiger partial charge >= 0.3 is 0 Å². The molecule has 0 aliphatic rings. The Balaban J connectivity index is 2.98. The van der Waals surface area contributed by atoms with Crippen LogP contribution in [-0.4, -0.2) is 0 Å². The molecular formula is C6H6ClFS. The van der Waals surface area contributed by atoms with Gasteiger partial charge in [-0.25, -0.2) is 0 Å². The molecule has 50 valence electrons. The first-order valence-electron chi connectivity index (χ1n) is 2.67. The van der Waals surface area contributed by atoms with Gasteiger partial charge in [0.05, 0.1) is 5.02 Å². The van der Waals surface area contributed by atoms with E-state index in [2.05, 4.69) is 0 Å². The smallest absolute Gasteiger partial charge is 0.193 e. The normalized spacial score (nSPS) is 10.1. The molecule has 0 saturated carbocycles. The van der Waals surface area contributed by atoms with Gasteiger partial charge in [-0.1, -0.05) is 18.5 Å². The van der Waals surface area contributed by atoms with Crippen LogP contribution < -0.4 is 0 Å². The Morgan fingerprint density at radius 3 is 2.67 bits per heavy atom. The van der Waals surface area contributed by atoms with Crippen molar-refractivity contribution in [3.05, 3.63) is 21.1 Å². The van der Waals surface area contributed by atoms with Crippen LogP contribution in [0.15, 0.2) is 6.07 Å². The second kappa shape index (κ2) is 2.67. The molecule has 3 heteroatoms. The maximum atomic E-state index is 12.4. The number of hydrogen-bond acceptors (Lipinski definition) is 1. The Hall–Kier alpha value is -0.0800. The van der Waals surface area contributed by atoms with Crippen LogP contribution in [0.25, 0.3) is 0 Å². The Morgan fingerprint density at radius 2 is 2.44 bits per heavy atom. The monoisotopic (exact) mass is 164 g/mol. The summed E-state index contributed by atoms with van der Waals surface area (Å²) in [5.74, 6) is 0. The highest BCUT2D eigenvalue weighted by atomic mass is 35.5. The Kier molecular flexibility index (Phi) is 2.09. The number of halogens is 2. The zero-order valence-electron chi connectivity index (χ0n) is 4.95. The number of thiophene rings is 1. The zero-order valence-corrected chi connectivity index (χ0v) is 6.52. The average Bonchev–Trinajstić information content (AvgIpc) is 2.13. The highest BCUT2D eigenvalue weighted by Crippen LogP contribution is 2.24. The van der Waals surface area contributed by atoms with Gasteiger partial charge in [-0.3, -0.25) is 0 Å². The lowest BCUT2D eigenvalue weighted by Gasteiger charge is -1.78. The number of hydrogen-bond donors (Lipinski definition) is 0.